The summed E-state index contributed by atoms with van der Waals surface area (Å²) < 4.78 is 2.79. The summed E-state index contributed by atoms with van der Waals surface area (Å²) in [5.74, 6) is 0. The molecule has 0 bridgehead atoms. The number of hydrogen-bond donors (Lipinski definition) is 2. The van der Waals surface area contributed by atoms with Crippen molar-refractivity contribution in [2.24, 2.45) is 0 Å². The van der Waals surface area contributed by atoms with Crippen molar-refractivity contribution < 1.29 is 5.11 Å². The van der Waals surface area contributed by atoms with E-state index in [1.165, 1.54) is 5.56 Å². The predicted octanol–water partition coefficient (Wildman–Crippen LogP) is 2.34. The van der Waals surface area contributed by atoms with E-state index in [1.54, 1.807) is 4.68 Å². The topological polar surface area (TPSA) is 63.0 Å². The lowest BCUT2D eigenvalue weighted by molar-refractivity contribution is 0.276. The third-order valence-corrected chi connectivity index (χ3v) is 3.37. The molecule has 0 aliphatic carbocycles. The molecule has 0 spiro atoms. The van der Waals surface area contributed by atoms with Gasteiger partial charge in [0.2, 0.25) is 0 Å². The molecule has 2 N–H and O–H groups in total. The van der Waals surface area contributed by atoms with E-state index in [-0.39, 0.29) is 6.61 Å². The van der Waals surface area contributed by atoms with E-state index in [1.807, 2.05) is 12.3 Å². The normalized spacial score (nSPS) is 10.7. The Bertz CT molecular complexity index is 541. The number of nitrogens with one attached hydrogen (secondary N) is 1. The van der Waals surface area contributed by atoms with Crippen LogP contribution in [0.1, 0.15) is 17.7 Å². The van der Waals surface area contributed by atoms with Crippen LogP contribution in [0.2, 0.25) is 0 Å². The molecular formula is C13H17BrN4O. The molecular weight excluding hydrogens is 308 g/mol. The van der Waals surface area contributed by atoms with E-state index in [2.05, 4.69) is 50.6 Å². The maximum atomic E-state index is 8.76. The second-order valence-corrected chi connectivity index (χ2v) is 5.24. The highest BCUT2D eigenvalue weighted by Crippen LogP contribution is 2.23. The second kappa shape index (κ2) is 6.68. The molecule has 0 radical (unpaired) electrons. The van der Waals surface area contributed by atoms with Crippen LogP contribution in [-0.4, -0.2) is 26.7 Å². The maximum absolute atomic E-state index is 8.76. The molecule has 1 heterocycles. The van der Waals surface area contributed by atoms with Gasteiger partial charge in [-0.2, -0.15) is 0 Å². The largest absolute Gasteiger partial charge is 0.396 e. The summed E-state index contributed by atoms with van der Waals surface area (Å²) in [6, 6.07) is 6.17. The van der Waals surface area contributed by atoms with Crippen molar-refractivity contribution in [3.63, 3.8) is 0 Å². The molecule has 5 nitrogen and oxygen atoms in total. The van der Waals surface area contributed by atoms with Crippen LogP contribution in [0, 0.1) is 6.92 Å². The Labute approximate surface area is 120 Å². The highest BCUT2D eigenvalue weighted by Gasteiger charge is 2.03. The van der Waals surface area contributed by atoms with Gasteiger partial charge in [0.15, 0.2) is 0 Å². The number of aliphatic hydroxyl groups is 1. The zero-order valence-corrected chi connectivity index (χ0v) is 12.4. The summed E-state index contributed by atoms with van der Waals surface area (Å²) in [5, 5.41) is 20.2. The zero-order chi connectivity index (χ0) is 13.7. The van der Waals surface area contributed by atoms with Crippen LogP contribution >= 0.6 is 15.9 Å². The van der Waals surface area contributed by atoms with Gasteiger partial charge in [-0.1, -0.05) is 11.3 Å². The predicted molar refractivity (Wildman–Crippen MR) is 77.9 cm³/mol. The number of halogens is 1. The first-order valence-electron chi connectivity index (χ1n) is 6.19. The van der Waals surface area contributed by atoms with Gasteiger partial charge in [0, 0.05) is 23.3 Å². The molecule has 6 heteroatoms. The van der Waals surface area contributed by atoms with Gasteiger partial charge in [-0.3, -0.25) is 4.68 Å². The number of aromatic nitrogens is 3. The molecule has 0 saturated carbocycles. The summed E-state index contributed by atoms with van der Waals surface area (Å²) in [6.07, 6.45) is 2.59. The van der Waals surface area contributed by atoms with Gasteiger partial charge in [0.25, 0.3) is 0 Å². The van der Waals surface area contributed by atoms with Gasteiger partial charge in [0.1, 0.15) is 5.69 Å². The van der Waals surface area contributed by atoms with Gasteiger partial charge in [0.05, 0.1) is 12.7 Å². The Morgan fingerprint density at radius 1 is 1.42 bits per heavy atom. The first kappa shape index (κ1) is 14.0. The first-order chi connectivity index (χ1) is 9.19. The van der Waals surface area contributed by atoms with Crippen molar-refractivity contribution >= 4 is 21.6 Å². The Morgan fingerprint density at radius 3 is 3.00 bits per heavy atom. The molecule has 0 aliphatic rings. The van der Waals surface area contributed by atoms with Crippen LogP contribution in [-0.2, 0) is 13.1 Å². The van der Waals surface area contributed by atoms with Crippen molar-refractivity contribution in [3.8, 4) is 0 Å². The molecule has 0 aliphatic heterocycles. The lowest BCUT2D eigenvalue weighted by atomic mass is 10.2. The first-order valence-corrected chi connectivity index (χ1v) is 6.98. The molecule has 0 fully saturated rings. The summed E-state index contributed by atoms with van der Waals surface area (Å²) in [6.45, 7) is 3.55. The van der Waals surface area contributed by atoms with Crippen molar-refractivity contribution in [2.75, 3.05) is 11.9 Å². The number of aryl methyl sites for hydroxylation is 2. The second-order valence-electron chi connectivity index (χ2n) is 4.39. The lowest BCUT2D eigenvalue weighted by Crippen LogP contribution is -2.01. The van der Waals surface area contributed by atoms with E-state index >= 15 is 0 Å². The molecule has 0 atom stereocenters. The van der Waals surface area contributed by atoms with Crippen LogP contribution < -0.4 is 5.32 Å². The van der Waals surface area contributed by atoms with Crippen molar-refractivity contribution in [1.29, 1.82) is 0 Å². The highest BCUT2D eigenvalue weighted by atomic mass is 79.9. The van der Waals surface area contributed by atoms with Gasteiger partial charge in [-0.05, 0) is 47.0 Å². The fraction of sp³-hybridized carbons (Fsp3) is 0.385. The summed E-state index contributed by atoms with van der Waals surface area (Å²) in [7, 11) is 0. The number of anilines is 1. The van der Waals surface area contributed by atoms with Gasteiger partial charge in [-0.25, -0.2) is 0 Å². The fourth-order valence-corrected chi connectivity index (χ4v) is 2.34. The van der Waals surface area contributed by atoms with Gasteiger partial charge >= 0.3 is 0 Å². The van der Waals surface area contributed by atoms with E-state index in [4.69, 9.17) is 5.11 Å². The highest BCUT2D eigenvalue weighted by molar-refractivity contribution is 9.10. The monoisotopic (exact) mass is 324 g/mol. The van der Waals surface area contributed by atoms with Crippen LogP contribution in [0.5, 0.6) is 0 Å². The fourth-order valence-electron chi connectivity index (χ4n) is 1.71. The van der Waals surface area contributed by atoms with Crippen molar-refractivity contribution in [2.45, 2.75) is 26.4 Å². The smallest absolute Gasteiger partial charge is 0.102 e. The zero-order valence-electron chi connectivity index (χ0n) is 10.8. The Hall–Kier alpha value is -1.40. The third kappa shape index (κ3) is 4.04. The summed E-state index contributed by atoms with van der Waals surface area (Å²) in [5.41, 5.74) is 3.13. The number of rotatable bonds is 6. The van der Waals surface area contributed by atoms with E-state index in [0.29, 0.717) is 19.5 Å². The quantitative estimate of drug-likeness (QED) is 0.856. The van der Waals surface area contributed by atoms with E-state index in [9.17, 15) is 0 Å². The number of hydrogen-bond acceptors (Lipinski definition) is 4. The molecule has 1 aromatic carbocycles. The SMILES string of the molecule is Cc1ccc(NCc2cn(CCCO)nn2)c(Br)c1. The number of benzene rings is 1. The van der Waals surface area contributed by atoms with Gasteiger partial charge in [-0.15, -0.1) is 5.10 Å². The molecule has 2 rings (SSSR count). The van der Waals surface area contributed by atoms with Crippen LogP contribution in [0.3, 0.4) is 0 Å². The third-order valence-electron chi connectivity index (χ3n) is 2.72. The van der Waals surface area contributed by atoms with E-state index in [0.717, 1.165) is 15.9 Å². The number of aliphatic hydroxyl groups excluding tert-OH is 1. The Kier molecular flexibility index (Phi) is 4.93. The Morgan fingerprint density at radius 2 is 2.26 bits per heavy atom. The Balaban J connectivity index is 1.92. The minimum Gasteiger partial charge on any atom is -0.396 e. The number of nitrogens with zero attached hydrogens (tertiary/aromatic N) is 3. The minimum atomic E-state index is 0.170. The van der Waals surface area contributed by atoms with E-state index < -0.39 is 0 Å². The molecule has 0 unspecified atom stereocenters. The van der Waals surface area contributed by atoms with Crippen LogP contribution in [0.25, 0.3) is 0 Å². The molecule has 0 amide bonds. The van der Waals surface area contributed by atoms with Gasteiger partial charge < -0.3 is 10.4 Å². The molecule has 19 heavy (non-hydrogen) atoms. The molecule has 0 saturated heterocycles. The average molecular weight is 325 g/mol. The minimum absolute atomic E-state index is 0.170. The molecule has 2 aromatic rings. The van der Waals surface area contributed by atoms with Crippen LogP contribution in [0.15, 0.2) is 28.9 Å². The average Bonchev–Trinajstić information content (AvgIpc) is 2.83. The molecule has 1 aromatic heterocycles. The lowest BCUT2D eigenvalue weighted by Gasteiger charge is -2.07. The summed E-state index contributed by atoms with van der Waals surface area (Å²) >= 11 is 3.53. The standard InChI is InChI=1S/C13H17BrN4O/c1-10-3-4-13(12(14)7-10)15-8-11-9-18(17-16-11)5-2-6-19/h3-4,7,9,15,19H,2,5-6,8H2,1H3. The van der Waals surface area contributed by atoms with Crippen LogP contribution in [0.4, 0.5) is 5.69 Å². The maximum Gasteiger partial charge on any atom is 0.102 e. The summed E-state index contributed by atoms with van der Waals surface area (Å²) in [4.78, 5) is 0. The van der Waals surface area contributed by atoms with Crippen molar-refractivity contribution in [3.05, 3.63) is 40.1 Å². The molecule has 102 valence electrons. The van der Waals surface area contributed by atoms with Crippen molar-refractivity contribution in [1.82, 2.24) is 15.0 Å².